The molecule has 0 aliphatic heterocycles. The highest BCUT2D eigenvalue weighted by molar-refractivity contribution is 7.86. The number of nitro groups is 1. The number of benzene rings is 3. The molecule has 5 aromatic rings. The number of nitro benzene ring substituents is 1. The highest BCUT2D eigenvalue weighted by Crippen LogP contribution is 2.22. The van der Waals surface area contributed by atoms with Gasteiger partial charge in [-0.1, -0.05) is 49.7 Å². The molecule has 2 N–H and O–H groups in total. The van der Waals surface area contributed by atoms with Crippen molar-refractivity contribution in [1.29, 1.82) is 0 Å². The molecule has 3 aromatic carbocycles. The fourth-order valence-electron chi connectivity index (χ4n) is 4.70. The van der Waals surface area contributed by atoms with Crippen LogP contribution in [0.1, 0.15) is 42.3 Å². The predicted molar refractivity (Wildman–Crippen MR) is 162 cm³/mol. The summed E-state index contributed by atoms with van der Waals surface area (Å²) in [5, 5.41) is 11.1. The van der Waals surface area contributed by atoms with Gasteiger partial charge in [0.25, 0.3) is 11.2 Å². The van der Waals surface area contributed by atoms with Gasteiger partial charge in [0.2, 0.25) is 0 Å². The molecule has 0 amide bonds. The number of anilines is 1. The number of aromatic nitrogens is 4. The lowest BCUT2D eigenvalue weighted by Crippen LogP contribution is -2.40. The standard InChI is InChI=1S/C30H29FN6O5S/c1-3-4-15-35-28-27(29(38)36(30(35)39)18-21-7-5-6-8-24(21)31)32-26(33-28)16-20-10-12-22(13-11-20)34-43(42)25-17-23(37(40)41)14-9-19(25)2/h5-14,17,34H,3-4,15-16,18H2,1-2H3,(H,32,33). The van der Waals surface area contributed by atoms with Gasteiger partial charge in [-0.15, -0.1) is 0 Å². The summed E-state index contributed by atoms with van der Waals surface area (Å²) in [6.45, 7) is 3.87. The topological polar surface area (TPSA) is 145 Å². The van der Waals surface area contributed by atoms with Crippen LogP contribution in [-0.4, -0.2) is 28.2 Å². The second kappa shape index (κ2) is 12.5. The molecule has 0 saturated heterocycles. The molecule has 1 unspecified atom stereocenters. The van der Waals surface area contributed by atoms with E-state index in [0.29, 0.717) is 41.4 Å². The predicted octanol–water partition coefficient (Wildman–Crippen LogP) is 4.82. The number of hydrogen-bond acceptors (Lipinski definition) is 6. The Morgan fingerprint density at radius 1 is 1.07 bits per heavy atom. The summed E-state index contributed by atoms with van der Waals surface area (Å²) < 4.78 is 32.6. The highest BCUT2D eigenvalue weighted by atomic mass is 32.2. The molecule has 13 heteroatoms. The van der Waals surface area contributed by atoms with Crippen LogP contribution in [-0.2, 0) is 30.5 Å². The Balaban J connectivity index is 1.40. The van der Waals surface area contributed by atoms with Crippen LogP contribution >= 0.6 is 0 Å². The molecule has 11 nitrogen and oxygen atoms in total. The molecule has 43 heavy (non-hydrogen) atoms. The van der Waals surface area contributed by atoms with E-state index in [0.717, 1.165) is 16.6 Å². The van der Waals surface area contributed by atoms with Crippen molar-refractivity contribution in [2.75, 3.05) is 4.72 Å². The molecule has 5 rings (SSSR count). The number of aromatic amines is 1. The van der Waals surface area contributed by atoms with Crippen LogP contribution < -0.4 is 16.0 Å². The number of hydrogen-bond donors (Lipinski definition) is 2. The lowest BCUT2D eigenvalue weighted by molar-refractivity contribution is -0.385. The summed E-state index contributed by atoms with van der Waals surface area (Å²) in [4.78, 5) is 45.3. The van der Waals surface area contributed by atoms with Gasteiger partial charge in [-0.2, -0.15) is 0 Å². The fourth-order valence-corrected chi connectivity index (χ4v) is 5.75. The first kappa shape index (κ1) is 29.6. The first-order valence-corrected chi connectivity index (χ1v) is 14.8. The molecule has 0 aliphatic carbocycles. The van der Waals surface area contributed by atoms with E-state index >= 15 is 0 Å². The second-order valence-corrected chi connectivity index (χ2v) is 11.3. The van der Waals surface area contributed by atoms with Gasteiger partial charge < -0.3 is 9.71 Å². The summed E-state index contributed by atoms with van der Waals surface area (Å²) in [6.07, 6.45) is 1.83. The first-order valence-electron chi connectivity index (χ1n) is 13.6. The Labute approximate surface area is 247 Å². The average Bonchev–Trinajstić information content (AvgIpc) is 3.41. The van der Waals surface area contributed by atoms with E-state index in [-0.39, 0.29) is 29.0 Å². The third-order valence-electron chi connectivity index (χ3n) is 7.05. The smallest absolute Gasteiger partial charge is 0.333 e. The summed E-state index contributed by atoms with van der Waals surface area (Å²) in [6, 6.07) is 17.3. The number of nitrogens with zero attached hydrogens (tertiary/aromatic N) is 4. The van der Waals surface area contributed by atoms with Crippen molar-refractivity contribution >= 4 is 33.5 Å². The van der Waals surface area contributed by atoms with Crippen LogP contribution in [0.5, 0.6) is 0 Å². The molecule has 0 radical (unpaired) electrons. The van der Waals surface area contributed by atoms with E-state index in [4.69, 9.17) is 0 Å². The van der Waals surface area contributed by atoms with Gasteiger partial charge in [-0.25, -0.2) is 18.4 Å². The summed E-state index contributed by atoms with van der Waals surface area (Å²) in [7, 11) is -1.72. The van der Waals surface area contributed by atoms with Crippen molar-refractivity contribution in [3.63, 3.8) is 0 Å². The van der Waals surface area contributed by atoms with Gasteiger partial charge in [0.15, 0.2) is 16.6 Å². The zero-order valence-electron chi connectivity index (χ0n) is 23.5. The quantitative estimate of drug-likeness (QED) is 0.163. The van der Waals surface area contributed by atoms with E-state index in [1.54, 1.807) is 55.5 Å². The minimum atomic E-state index is -1.72. The van der Waals surface area contributed by atoms with E-state index < -0.39 is 33.0 Å². The number of halogens is 1. The molecule has 2 aromatic heterocycles. The summed E-state index contributed by atoms with van der Waals surface area (Å²) in [5.41, 5.74) is 1.42. The number of unbranched alkanes of at least 4 members (excludes halogenated alkanes) is 1. The van der Waals surface area contributed by atoms with Gasteiger partial charge in [-0.3, -0.25) is 24.0 Å². The number of nitrogens with one attached hydrogen (secondary N) is 2. The number of H-pyrrole nitrogens is 1. The largest absolute Gasteiger partial charge is 0.336 e. The number of fused-ring (bicyclic) bond motifs is 1. The van der Waals surface area contributed by atoms with Crippen molar-refractivity contribution in [1.82, 2.24) is 19.1 Å². The maximum atomic E-state index is 14.4. The number of imidazole rings is 1. The van der Waals surface area contributed by atoms with Crippen LogP contribution in [0.4, 0.5) is 15.8 Å². The van der Waals surface area contributed by atoms with E-state index in [9.17, 15) is 28.3 Å². The van der Waals surface area contributed by atoms with Gasteiger partial charge in [0, 0.05) is 36.3 Å². The minimum Gasteiger partial charge on any atom is -0.336 e. The molecular formula is C30H29FN6O5S. The Kier molecular flexibility index (Phi) is 8.62. The summed E-state index contributed by atoms with van der Waals surface area (Å²) in [5.74, 6) is -0.0295. The molecule has 1 atom stereocenters. The van der Waals surface area contributed by atoms with Crippen molar-refractivity contribution < 1.29 is 13.5 Å². The maximum absolute atomic E-state index is 14.4. The third kappa shape index (κ3) is 6.31. The molecule has 222 valence electrons. The van der Waals surface area contributed by atoms with Gasteiger partial charge >= 0.3 is 5.69 Å². The van der Waals surface area contributed by atoms with Crippen LogP contribution in [0.3, 0.4) is 0 Å². The molecule has 0 fully saturated rings. The molecule has 0 bridgehead atoms. The van der Waals surface area contributed by atoms with Crippen LogP contribution in [0.25, 0.3) is 11.2 Å². The lowest BCUT2D eigenvalue weighted by Gasteiger charge is -2.11. The molecule has 0 saturated carbocycles. The van der Waals surface area contributed by atoms with Crippen LogP contribution in [0, 0.1) is 22.9 Å². The SMILES string of the molecule is CCCCn1c(=O)n(Cc2ccccc2F)c(=O)c2[nH]c(Cc3ccc(NS(=O)c4cc([N+](=O)[O-])ccc4C)cc3)nc21. The number of non-ortho nitro benzene ring substituents is 1. The normalized spacial score (nSPS) is 12.0. The average molecular weight is 605 g/mol. The Morgan fingerprint density at radius 3 is 2.51 bits per heavy atom. The molecule has 0 spiro atoms. The van der Waals surface area contributed by atoms with E-state index in [2.05, 4.69) is 14.7 Å². The zero-order valence-corrected chi connectivity index (χ0v) is 24.3. The van der Waals surface area contributed by atoms with Gasteiger partial charge in [0.1, 0.15) is 17.2 Å². The van der Waals surface area contributed by atoms with E-state index in [1.165, 1.54) is 22.8 Å². The van der Waals surface area contributed by atoms with Crippen molar-refractivity contribution in [2.45, 2.75) is 51.1 Å². The third-order valence-corrected chi connectivity index (χ3v) is 8.31. The van der Waals surface area contributed by atoms with Crippen LogP contribution in [0.2, 0.25) is 0 Å². The highest BCUT2D eigenvalue weighted by Gasteiger charge is 2.19. The Morgan fingerprint density at radius 2 is 1.81 bits per heavy atom. The Bertz CT molecular complexity index is 1970. The van der Waals surface area contributed by atoms with Crippen LogP contribution in [0.15, 0.2) is 81.2 Å². The van der Waals surface area contributed by atoms with Gasteiger partial charge in [-0.05, 0) is 42.7 Å². The van der Waals surface area contributed by atoms with E-state index in [1.807, 2.05) is 6.92 Å². The monoisotopic (exact) mass is 604 g/mol. The summed E-state index contributed by atoms with van der Waals surface area (Å²) >= 11 is 0. The lowest BCUT2D eigenvalue weighted by atomic mass is 10.1. The fraction of sp³-hybridized carbons (Fsp3) is 0.233. The number of rotatable bonds is 11. The molecular weight excluding hydrogens is 575 g/mol. The van der Waals surface area contributed by atoms with Crippen molar-refractivity contribution in [3.05, 3.63) is 126 Å². The Hall–Kier alpha value is -4.91. The molecule has 0 aliphatic rings. The first-order chi connectivity index (χ1) is 20.7. The van der Waals surface area contributed by atoms with Crippen molar-refractivity contribution in [3.8, 4) is 0 Å². The van der Waals surface area contributed by atoms with Gasteiger partial charge in [0.05, 0.1) is 16.4 Å². The zero-order chi connectivity index (χ0) is 30.7. The number of aryl methyl sites for hydroxylation is 2. The second-order valence-electron chi connectivity index (χ2n) is 10.1. The van der Waals surface area contributed by atoms with Crippen molar-refractivity contribution in [2.24, 2.45) is 0 Å². The maximum Gasteiger partial charge on any atom is 0.333 e. The molecule has 2 heterocycles. The minimum absolute atomic E-state index is 0.143.